The number of thioether (sulfide) groups is 1. The first-order valence-electron chi connectivity index (χ1n) is 6.12. The molecule has 0 aliphatic carbocycles. The largest absolute Gasteiger partial charge is 0.329 e. The first-order chi connectivity index (χ1) is 9.15. The number of aryl methyl sites for hydroxylation is 2. The van der Waals surface area contributed by atoms with Crippen molar-refractivity contribution in [2.45, 2.75) is 18.5 Å². The van der Waals surface area contributed by atoms with E-state index in [1.54, 1.807) is 18.0 Å². The van der Waals surface area contributed by atoms with E-state index in [4.69, 9.17) is 0 Å². The van der Waals surface area contributed by atoms with Crippen LogP contribution >= 0.6 is 11.8 Å². The van der Waals surface area contributed by atoms with E-state index in [0.717, 1.165) is 16.6 Å². The van der Waals surface area contributed by atoms with Gasteiger partial charge in [-0.2, -0.15) is 0 Å². The summed E-state index contributed by atoms with van der Waals surface area (Å²) in [7, 11) is 1.95. The number of amides is 1. The molecule has 1 heterocycles. The van der Waals surface area contributed by atoms with Gasteiger partial charge in [0.2, 0.25) is 5.91 Å². The third kappa shape index (κ3) is 4.13. The molecule has 2 aromatic rings. The number of carbonyl (C=O) groups excluding carboxylic acids is 1. The lowest BCUT2D eigenvalue weighted by molar-refractivity contribution is -0.115. The van der Waals surface area contributed by atoms with Crippen molar-refractivity contribution in [3.8, 4) is 0 Å². The zero-order valence-corrected chi connectivity index (χ0v) is 11.9. The van der Waals surface area contributed by atoms with Gasteiger partial charge in [0.05, 0.1) is 0 Å². The van der Waals surface area contributed by atoms with Crippen molar-refractivity contribution < 1.29 is 4.79 Å². The molecule has 1 aromatic heterocycles. The highest BCUT2D eigenvalue weighted by Gasteiger charge is 2.05. The number of nitrogens with zero attached hydrogens (tertiary/aromatic N) is 2. The number of aromatic nitrogens is 2. The highest BCUT2D eigenvalue weighted by atomic mass is 32.2. The standard InChI is InChI=1S/C14H17N3OS/c1-11-3-5-12(6-4-11)16-13(18)7-10-19-14-15-8-9-17(14)2/h3-6,8-9H,7,10H2,1-2H3,(H,16,18). The van der Waals surface area contributed by atoms with Gasteiger partial charge in [-0.05, 0) is 19.1 Å². The molecule has 1 N–H and O–H groups in total. The molecule has 19 heavy (non-hydrogen) atoms. The fourth-order valence-corrected chi connectivity index (χ4v) is 2.46. The van der Waals surface area contributed by atoms with Crippen molar-refractivity contribution in [1.29, 1.82) is 0 Å². The van der Waals surface area contributed by atoms with Crippen LogP contribution in [0.1, 0.15) is 12.0 Å². The van der Waals surface area contributed by atoms with Crippen molar-refractivity contribution in [3.63, 3.8) is 0 Å². The van der Waals surface area contributed by atoms with E-state index < -0.39 is 0 Å². The van der Waals surface area contributed by atoms with Crippen molar-refractivity contribution in [2.75, 3.05) is 11.1 Å². The van der Waals surface area contributed by atoms with Gasteiger partial charge in [0, 0.05) is 37.3 Å². The number of hydrogen-bond acceptors (Lipinski definition) is 3. The Morgan fingerprint density at radius 3 is 2.74 bits per heavy atom. The van der Waals surface area contributed by atoms with Crippen molar-refractivity contribution in [2.24, 2.45) is 7.05 Å². The molecular formula is C14H17N3OS. The summed E-state index contributed by atoms with van der Waals surface area (Å²) in [5.41, 5.74) is 2.03. The van der Waals surface area contributed by atoms with E-state index in [1.807, 2.05) is 49.0 Å². The summed E-state index contributed by atoms with van der Waals surface area (Å²) in [6.45, 7) is 2.02. The number of hydrogen-bond donors (Lipinski definition) is 1. The molecule has 0 radical (unpaired) electrons. The maximum Gasteiger partial charge on any atom is 0.225 e. The minimum Gasteiger partial charge on any atom is -0.329 e. The lowest BCUT2D eigenvalue weighted by Crippen LogP contribution is -2.12. The number of imidazole rings is 1. The average molecular weight is 275 g/mol. The molecule has 5 heteroatoms. The van der Waals surface area contributed by atoms with E-state index >= 15 is 0 Å². The Kier molecular flexibility index (Phi) is 4.63. The summed E-state index contributed by atoms with van der Waals surface area (Å²) in [5.74, 6) is 0.758. The predicted octanol–water partition coefficient (Wildman–Crippen LogP) is 2.85. The zero-order valence-electron chi connectivity index (χ0n) is 11.1. The fourth-order valence-electron chi connectivity index (χ4n) is 1.59. The van der Waals surface area contributed by atoms with Gasteiger partial charge in [-0.15, -0.1) is 0 Å². The maximum atomic E-state index is 11.8. The number of benzene rings is 1. The second-order valence-corrected chi connectivity index (χ2v) is 5.40. The van der Waals surface area contributed by atoms with Gasteiger partial charge in [0.15, 0.2) is 5.16 Å². The van der Waals surface area contributed by atoms with E-state index in [2.05, 4.69) is 10.3 Å². The minimum atomic E-state index is 0.0329. The lowest BCUT2D eigenvalue weighted by Gasteiger charge is -2.05. The summed E-state index contributed by atoms with van der Waals surface area (Å²) in [6.07, 6.45) is 4.13. The molecule has 0 aliphatic heterocycles. The molecule has 1 amide bonds. The number of nitrogens with one attached hydrogen (secondary N) is 1. The van der Waals surface area contributed by atoms with Crippen molar-refractivity contribution in [3.05, 3.63) is 42.2 Å². The Morgan fingerprint density at radius 1 is 1.37 bits per heavy atom. The Hall–Kier alpha value is -1.75. The van der Waals surface area contributed by atoms with Gasteiger partial charge in [0.1, 0.15) is 0 Å². The number of rotatable bonds is 5. The van der Waals surface area contributed by atoms with Crippen LogP contribution in [0.4, 0.5) is 5.69 Å². The van der Waals surface area contributed by atoms with E-state index in [9.17, 15) is 4.79 Å². The maximum absolute atomic E-state index is 11.8. The first kappa shape index (κ1) is 13.7. The quantitative estimate of drug-likeness (QED) is 0.854. The molecule has 0 atom stereocenters. The normalized spacial score (nSPS) is 10.4. The van der Waals surface area contributed by atoms with Crippen LogP contribution in [0.15, 0.2) is 41.8 Å². The molecule has 100 valence electrons. The van der Waals surface area contributed by atoms with E-state index in [-0.39, 0.29) is 5.91 Å². The average Bonchev–Trinajstić information content (AvgIpc) is 2.78. The molecule has 2 rings (SSSR count). The van der Waals surface area contributed by atoms with Gasteiger partial charge in [-0.1, -0.05) is 29.5 Å². The van der Waals surface area contributed by atoms with Crippen LogP contribution in [-0.2, 0) is 11.8 Å². The molecule has 0 saturated heterocycles. The SMILES string of the molecule is Cc1ccc(NC(=O)CCSc2nccn2C)cc1. The van der Waals surface area contributed by atoms with Crippen LogP contribution in [0.25, 0.3) is 0 Å². The molecule has 0 aliphatic rings. The van der Waals surface area contributed by atoms with E-state index in [0.29, 0.717) is 6.42 Å². The molecule has 4 nitrogen and oxygen atoms in total. The smallest absolute Gasteiger partial charge is 0.225 e. The highest BCUT2D eigenvalue weighted by molar-refractivity contribution is 7.99. The van der Waals surface area contributed by atoms with Crippen LogP contribution < -0.4 is 5.32 Å². The fraction of sp³-hybridized carbons (Fsp3) is 0.286. The van der Waals surface area contributed by atoms with Crippen LogP contribution in [0, 0.1) is 6.92 Å². The summed E-state index contributed by atoms with van der Waals surface area (Å²) in [5, 5.41) is 3.82. The minimum absolute atomic E-state index is 0.0329. The third-order valence-corrected chi connectivity index (χ3v) is 3.73. The molecule has 0 fully saturated rings. The second-order valence-electron chi connectivity index (χ2n) is 4.33. The third-order valence-electron chi connectivity index (χ3n) is 2.67. The molecular weight excluding hydrogens is 258 g/mol. The topological polar surface area (TPSA) is 46.9 Å². The van der Waals surface area contributed by atoms with Gasteiger partial charge in [-0.25, -0.2) is 4.98 Å². The van der Waals surface area contributed by atoms with E-state index in [1.165, 1.54) is 5.56 Å². The van der Waals surface area contributed by atoms with Gasteiger partial charge < -0.3 is 9.88 Å². The molecule has 0 bridgehead atoms. The zero-order chi connectivity index (χ0) is 13.7. The Morgan fingerprint density at radius 2 is 2.11 bits per heavy atom. The summed E-state index contributed by atoms with van der Waals surface area (Å²) in [6, 6.07) is 7.80. The molecule has 0 spiro atoms. The molecule has 0 unspecified atom stereocenters. The van der Waals surface area contributed by atoms with Gasteiger partial charge >= 0.3 is 0 Å². The monoisotopic (exact) mass is 275 g/mol. The Labute approximate surface area is 117 Å². The molecule has 0 saturated carbocycles. The second kappa shape index (κ2) is 6.43. The van der Waals surface area contributed by atoms with Crippen LogP contribution in [0.2, 0.25) is 0 Å². The Balaban J connectivity index is 1.76. The first-order valence-corrected chi connectivity index (χ1v) is 7.10. The molecule has 1 aromatic carbocycles. The van der Waals surface area contributed by atoms with Crippen molar-refractivity contribution in [1.82, 2.24) is 9.55 Å². The predicted molar refractivity (Wildman–Crippen MR) is 78.4 cm³/mol. The van der Waals surface area contributed by atoms with Crippen LogP contribution in [0.3, 0.4) is 0 Å². The summed E-state index contributed by atoms with van der Waals surface area (Å²) < 4.78 is 1.95. The van der Waals surface area contributed by atoms with Crippen LogP contribution in [-0.4, -0.2) is 21.2 Å². The number of anilines is 1. The van der Waals surface area contributed by atoms with Crippen LogP contribution in [0.5, 0.6) is 0 Å². The summed E-state index contributed by atoms with van der Waals surface area (Å²) >= 11 is 1.59. The Bertz CT molecular complexity index is 548. The number of carbonyl (C=O) groups is 1. The van der Waals surface area contributed by atoms with Gasteiger partial charge in [-0.3, -0.25) is 4.79 Å². The van der Waals surface area contributed by atoms with Gasteiger partial charge in [0.25, 0.3) is 0 Å². The summed E-state index contributed by atoms with van der Waals surface area (Å²) in [4.78, 5) is 16.0. The van der Waals surface area contributed by atoms with Crippen molar-refractivity contribution >= 4 is 23.4 Å². The lowest BCUT2D eigenvalue weighted by atomic mass is 10.2. The highest BCUT2D eigenvalue weighted by Crippen LogP contribution is 2.16.